The van der Waals surface area contributed by atoms with Gasteiger partial charge in [-0.15, -0.1) is 0 Å². The fourth-order valence-corrected chi connectivity index (χ4v) is 2.96. The largest absolute Gasteiger partial charge is 0.484 e. The van der Waals surface area contributed by atoms with Crippen molar-refractivity contribution >= 4 is 5.91 Å². The minimum absolute atomic E-state index is 0.0723. The highest BCUT2D eigenvalue weighted by Gasteiger charge is 2.12. The van der Waals surface area contributed by atoms with Gasteiger partial charge >= 0.3 is 0 Å². The molecule has 0 spiro atoms. The van der Waals surface area contributed by atoms with Crippen LogP contribution in [0.4, 0.5) is 0 Å². The van der Waals surface area contributed by atoms with E-state index < -0.39 is 0 Å². The van der Waals surface area contributed by atoms with Gasteiger partial charge in [0.1, 0.15) is 5.75 Å². The van der Waals surface area contributed by atoms with E-state index >= 15 is 0 Å². The summed E-state index contributed by atoms with van der Waals surface area (Å²) in [5, 5.41) is 6.91. The maximum atomic E-state index is 12.1. The van der Waals surface area contributed by atoms with Crippen LogP contribution in [0, 0.1) is 6.92 Å². The van der Waals surface area contributed by atoms with Gasteiger partial charge in [-0.25, -0.2) is 0 Å². The van der Waals surface area contributed by atoms with Crippen molar-refractivity contribution in [1.82, 2.24) is 15.5 Å². The molecule has 1 amide bonds. The first-order chi connectivity index (χ1) is 14.7. The summed E-state index contributed by atoms with van der Waals surface area (Å²) in [5.74, 6) is 1.29. The smallest absolute Gasteiger partial charge is 0.258 e. The van der Waals surface area contributed by atoms with Crippen LogP contribution in [-0.2, 0) is 11.3 Å². The zero-order valence-electron chi connectivity index (χ0n) is 16.5. The van der Waals surface area contributed by atoms with Crippen LogP contribution in [0.3, 0.4) is 0 Å². The Hall–Kier alpha value is -3.93. The van der Waals surface area contributed by atoms with Crippen LogP contribution >= 0.6 is 0 Å². The number of rotatable bonds is 7. The summed E-state index contributed by atoms with van der Waals surface area (Å²) >= 11 is 0. The molecule has 150 valence electrons. The average Bonchev–Trinajstić information content (AvgIpc) is 3.28. The lowest BCUT2D eigenvalue weighted by molar-refractivity contribution is -0.123. The van der Waals surface area contributed by atoms with Crippen molar-refractivity contribution in [2.75, 3.05) is 6.61 Å². The van der Waals surface area contributed by atoms with Gasteiger partial charge in [0.25, 0.3) is 11.8 Å². The zero-order valence-corrected chi connectivity index (χ0v) is 16.5. The predicted octanol–water partition coefficient (Wildman–Crippen LogP) is 4.41. The summed E-state index contributed by atoms with van der Waals surface area (Å²) in [4.78, 5) is 16.5. The Kier molecular flexibility index (Phi) is 5.85. The monoisotopic (exact) mass is 399 g/mol. The molecule has 1 N–H and O–H groups in total. The first-order valence-electron chi connectivity index (χ1n) is 9.62. The summed E-state index contributed by atoms with van der Waals surface area (Å²) < 4.78 is 11.0. The molecule has 0 aliphatic rings. The molecule has 4 rings (SSSR count). The van der Waals surface area contributed by atoms with Gasteiger partial charge < -0.3 is 14.6 Å². The number of carbonyl (C=O) groups excluding carboxylic acids is 1. The van der Waals surface area contributed by atoms with Crippen LogP contribution in [0.5, 0.6) is 5.75 Å². The third-order valence-corrected chi connectivity index (χ3v) is 4.49. The summed E-state index contributed by atoms with van der Waals surface area (Å²) in [5.41, 5.74) is 3.78. The van der Waals surface area contributed by atoms with Gasteiger partial charge in [-0.2, -0.15) is 4.98 Å². The fourth-order valence-electron chi connectivity index (χ4n) is 2.96. The van der Waals surface area contributed by atoms with Crippen molar-refractivity contribution in [2.24, 2.45) is 0 Å². The van der Waals surface area contributed by atoms with E-state index in [1.807, 2.05) is 73.7 Å². The van der Waals surface area contributed by atoms with E-state index in [1.54, 1.807) is 12.1 Å². The molecule has 0 saturated carbocycles. The lowest BCUT2D eigenvalue weighted by atomic mass is 10.1. The van der Waals surface area contributed by atoms with Gasteiger partial charge in [-0.05, 0) is 36.8 Å². The molecule has 3 aromatic carbocycles. The molecule has 0 unspecified atom stereocenters. The Morgan fingerprint density at radius 3 is 2.60 bits per heavy atom. The highest BCUT2D eigenvalue weighted by molar-refractivity contribution is 5.77. The van der Waals surface area contributed by atoms with Gasteiger partial charge in [0, 0.05) is 17.7 Å². The van der Waals surface area contributed by atoms with Crippen molar-refractivity contribution in [3.05, 3.63) is 90.0 Å². The first kappa shape index (κ1) is 19.4. The van der Waals surface area contributed by atoms with Crippen LogP contribution in [0.15, 0.2) is 83.4 Å². The van der Waals surface area contributed by atoms with E-state index in [-0.39, 0.29) is 12.5 Å². The van der Waals surface area contributed by atoms with Crippen molar-refractivity contribution in [2.45, 2.75) is 13.5 Å². The number of aromatic nitrogens is 2. The Labute approximate surface area is 174 Å². The highest BCUT2D eigenvalue weighted by atomic mass is 16.5. The molecule has 0 bridgehead atoms. The van der Waals surface area contributed by atoms with Crippen molar-refractivity contribution in [3.8, 4) is 28.6 Å². The summed E-state index contributed by atoms with van der Waals surface area (Å²) in [6.45, 7) is 2.41. The van der Waals surface area contributed by atoms with Gasteiger partial charge in [0.05, 0.1) is 0 Å². The van der Waals surface area contributed by atoms with Gasteiger partial charge in [0.2, 0.25) is 5.82 Å². The molecule has 1 aromatic heterocycles. The van der Waals surface area contributed by atoms with Crippen LogP contribution in [-0.4, -0.2) is 22.7 Å². The number of carbonyl (C=O) groups is 1. The summed E-state index contributed by atoms with van der Waals surface area (Å²) in [6, 6.07) is 24.9. The Balaban J connectivity index is 1.38. The number of aryl methyl sites for hydroxylation is 1. The number of nitrogens with zero attached hydrogens (tertiary/aromatic N) is 2. The number of nitrogens with one attached hydrogen (secondary N) is 1. The van der Waals surface area contributed by atoms with E-state index in [0.717, 1.165) is 22.3 Å². The molecule has 0 aliphatic heterocycles. The SMILES string of the molecule is Cc1cccc(-c2nc(-c3cccc(OCC(=O)NCc4ccccc4)c3)no2)c1. The van der Waals surface area contributed by atoms with E-state index in [9.17, 15) is 4.79 Å². The third kappa shape index (κ3) is 4.91. The molecule has 6 heteroatoms. The highest BCUT2D eigenvalue weighted by Crippen LogP contribution is 2.25. The van der Waals surface area contributed by atoms with Crippen molar-refractivity contribution in [3.63, 3.8) is 0 Å². The molecule has 30 heavy (non-hydrogen) atoms. The maximum Gasteiger partial charge on any atom is 0.258 e. The molecule has 0 fully saturated rings. The number of ether oxygens (including phenoxy) is 1. The Bertz CT molecular complexity index is 1140. The predicted molar refractivity (Wildman–Crippen MR) is 114 cm³/mol. The van der Waals surface area contributed by atoms with Crippen molar-refractivity contribution < 1.29 is 14.1 Å². The minimum atomic E-state index is -0.189. The van der Waals surface area contributed by atoms with E-state index in [1.165, 1.54) is 0 Å². The number of amides is 1. The number of benzene rings is 3. The molecule has 0 aliphatic carbocycles. The lowest BCUT2D eigenvalue weighted by Crippen LogP contribution is -2.28. The minimum Gasteiger partial charge on any atom is -0.484 e. The van der Waals surface area contributed by atoms with E-state index in [0.29, 0.717) is 24.0 Å². The van der Waals surface area contributed by atoms with Gasteiger partial charge in [0.15, 0.2) is 6.61 Å². The van der Waals surface area contributed by atoms with E-state index in [4.69, 9.17) is 9.26 Å². The molecule has 0 radical (unpaired) electrons. The Morgan fingerprint density at radius 2 is 1.77 bits per heavy atom. The standard InChI is InChI=1S/C24H21N3O3/c1-17-7-5-11-20(13-17)24-26-23(27-30-24)19-10-6-12-21(14-19)29-16-22(28)25-15-18-8-3-2-4-9-18/h2-14H,15-16H2,1H3,(H,25,28). The quantitative estimate of drug-likeness (QED) is 0.498. The average molecular weight is 399 g/mol. The third-order valence-electron chi connectivity index (χ3n) is 4.49. The molecule has 4 aromatic rings. The molecule has 0 atom stereocenters. The maximum absolute atomic E-state index is 12.1. The second-order valence-electron chi connectivity index (χ2n) is 6.87. The lowest BCUT2D eigenvalue weighted by Gasteiger charge is -2.08. The molecular formula is C24H21N3O3. The summed E-state index contributed by atoms with van der Waals surface area (Å²) in [6.07, 6.45) is 0. The number of hydrogen-bond acceptors (Lipinski definition) is 5. The Morgan fingerprint density at radius 1 is 0.967 bits per heavy atom. The number of hydrogen-bond donors (Lipinski definition) is 1. The second kappa shape index (κ2) is 9.05. The van der Waals surface area contributed by atoms with Crippen LogP contribution in [0.1, 0.15) is 11.1 Å². The second-order valence-corrected chi connectivity index (χ2v) is 6.87. The molecule has 1 heterocycles. The molecule has 6 nitrogen and oxygen atoms in total. The topological polar surface area (TPSA) is 77.2 Å². The summed E-state index contributed by atoms with van der Waals surface area (Å²) in [7, 11) is 0. The van der Waals surface area contributed by atoms with Gasteiger partial charge in [-0.1, -0.05) is 65.3 Å². The van der Waals surface area contributed by atoms with Crippen LogP contribution in [0.25, 0.3) is 22.8 Å². The van der Waals surface area contributed by atoms with Crippen LogP contribution in [0.2, 0.25) is 0 Å². The van der Waals surface area contributed by atoms with Crippen molar-refractivity contribution in [1.29, 1.82) is 0 Å². The van der Waals surface area contributed by atoms with Crippen LogP contribution < -0.4 is 10.1 Å². The fraction of sp³-hybridized carbons (Fsp3) is 0.125. The molecule has 0 saturated heterocycles. The normalized spacial score (nSPS) is 10.6. The molecular weight excluding hydrogens is 378 g/mol. The van der Waals surface area contributed by atoms with Gasteiger partial charge in [-0.3, -0.25) is 4.79 Å². The van der Waals surface area contributed by atoms with E-state index in [2.05, 4.69) is 15.5 Å². The zero-order chi connectivity index (χ0) is 20.8. The first-order valence-corrected chi connectivity index (χ1v) is 9.62.